The zero-order valence-corrected chi connectivity index (χ0v) is 23.1. The SMILES string of the molecule is CCOc1ccc(Cl)c(NC(=O)c2cc3ccccc3c(N=Nc3cc(CC)cc(S(=O)(=O)O)c3Cl)c2O)c1. The number of ether oxygens (including phenoxy) is 1. The average molecular weight is 588 g/mol. The fraction of sp³-hybridized carbons (Fsp3) is 0.148. The zero-order valence-electron chi connectivity index (χ0n) is 20.8. The van der Waals surface area contributed by atoms with Crippen LogP contribution in [0.25, 0.3) is 10.8 Å². The molecule has 4 rings (SSSR count). The third-order valence-corrected chi connectivity index (χ3v) is 7.48. The van der Waals surface area contributed by atoms with Gasteiger partial charge in [0.25, 0.3) is 16.0 Å². The highest BCUT2D eigenvalue weighted by atomic mass is 35.5. The van der Waals surface area contributed by atoms with E-state index in [0.717, 1.165) is 0 Å². The Labute approximate surface area is 234 Å². The molecule has 4 aromatic carbocycles. The standard InChI is InChI=1S/C27H23Cl2N3O6S/c1-3-15-11-22(24(29)23(12-15)39(35,36)37)31-32-25-18-8-6-5-7-16(18)13-19(26(25)33)27(34)30-21-14-17(38-4-2)9-10-20(21)28/h5-14,33H,3-4H2,1-2H3,(H,30,34)(H,35,36,37). The molecule has 0 bridgehead atoms. The Balaban J connectivity index is 1.81. The molecule has 0 aliphatic rings. The minimum absolute atomic E-state index is 0.0403. The monoisotopic (exact) mass is 587 g/mol. The number of halogens is 2. The number of fused-ring (bicyclic) bond motifs is 1. The average Bonchev–Trinajstić information content (AvgIpc) is 2.90. The van der Waals surface area contributed by atoms with Crippen molar-refractivity contribution in [3.05, 3.63) is 81.8 Å². The number of aromatic hydroxyl groups is 1. The van der Waals surface area contributed by atoms with Crippen LogP contribution in [0.1, 0.15) is 29.8 Å². The number of amides is 1. The fourth-order valence-corrected chi connectivity index (χ4v) is 5.08. The van der Waals surface area contributed by atoms with Crippen LogP contribution in [0.4, 0.5) is 17.1 Å². The summed E-state index contributed by atoms with van der Waals surface area (Å²) in [6, 6.07) is 16.0. The van der Waals surface area contributed by atoms with Gasteiger partial charge < -0.3 is 15.2 Å². The van der Waals surface area contributed by atoms with Gasteiger partial charge in [0.1, 0.15) is 22.0 Å². The number of hydrogen-bond acceptors (Lipinski definition) is 7. The van der Waals surface area contributed by atoms with Crippen molar-refractivity contribution in [2.75, 3.05) is 11.9 Å². The quantitative estimate of drug-likeness (QED) is 0.142. The molecule has 39 heavy (non-hydrogen) atoms. The lowest BCUT2D eigenvalue weighted by atomic mass is 10.0. The molecule has 0 aliphatic heterocycles. The van der Waals surface area contributed by atoms with Crippen molar-refractivity contribution >= 4 is 67.1 Å². The van der Waals surface area contributed by atoms with Crippen LogP contribution in [-0.4, -0.2) is 30.6 Å². The van der Waals surface area contributed by atoms with Gasteiger partial charge in [-0.3, -0.25) is 9.35 Å². The number of hydrogen-bond donors (Lipinski definition) is 3. The van der Waals surface area contributed by atoms with E-state index in [1.165, 1.54) is 18.2 Å². The molecule has 0 atom stereocenters. The number of nitrogens with zero attached hydrogens (tertiary/aromatic N) is 2. The van der Waals surface area contributed by atoms with E-state index in [2.05, 4.69) is 15.5 Å². The van der Waals surface area contributed by atoms with Gasteiger partial charge in [-0.1, -0.05) is 54.4 Å². The highest BCUT2D eigenvalue weighted by Crippen LogP contribution is 2.41. The number of carbonyl (C=O) groups is 1. The lowest BCUT2D eigenvalue weighted by Crippen LogP contribution is -2.12. The van der Waals surface area contributed by atoms with E-state index in [1.807, 2.05) is 6.92 Å². The van der Waals surface area contributed by atoms with Gasteiger partial charge in [-0.2, -0.15) is 8.42 Å². The first kappa shape index (κ1) is 28.3. The molecule has 0 radical (unpaired) electrons. The summed E-state index contributed by atoms with van der Waals surface area (Å²) in [5.74, 6) is -0.625. The second-order valence-corrected chi connectivity index (χ2v) is 10.5. The first-order valence-electron chi connectivity index (χ1n) is 11.7. The van der Waals surface area contributed by atoms with E-state index in [1.54, 1.807) is 49.4 Å². The van der Waals surface area contributed by atoms with Crippen molar-refractivity contribution in [1.29, 1.82) is 0 Å². The van der Waals surface area contributed by atoms with Crippen molar-refractivity contribution in [2.45, 2.75) is 25.2 Å². The van der Waals surface area contributed by atoms with Crippen molar-refractivity contribution in [3.63, 3.8) is 0 Å². The summed E-state index contributed by atoms with van der Waals surface area (Å²) in [7, 11) is -4.63. The summed E-state index contributed by atoms with van der Waals surface area (Å²) in [5.41, 5.74) is 0.631. The Morgan fingerprint density at radius 2 is 1.77 bits per heavy atom. The van der Waals surface area contributed by atoms with E-state index in [-0.39, 0.29) is 32.7 Å². The molecular formula is C27H23Cl2N3O6S. The van der Waals surface area contributed by atoms with Crippen molar-refractivity contribution in [1.82, 2.24) is 0 Å². The van der Waals surface area contributed by atoms with Crippen LogP contribution >= 0.6 is 23.2 Å². The van der Waals surface area contributed by atoms with E-state index in [4.69, 9.17) is 27.9 Å². The largest absolute Gasteiger partial charge is 0.505 e. The van der Waals surface area contributed by atoms with Gasteiger partial charge in [0.15, 0.2) is 5.75 Å². The third-order valence-electron chi connectivity index (χ3n) is 5.76. The summed E-state index contributed by atoms with van der Waals surface area (Å²) in [4.78, 5) is 12.8. The van der Waals surface area contributed by atoms with Crippen LogP contribution in [0.3, 0.4) is 0 Å². The van der Waals surface area contributed by atoms with Crippen LogP contribution in [0.15, 0.2) is 75.8 Å². The maximum Gasteiger partial charge on any atom is 0.296 e. The number of rotatable bonds is 8. The Hall–Kier alpha value is -3.70. The highest BCUT2D eigenvalue weighted by molar-refractivity contribution is 7.86. The van der Waals surface area contributed by atoms with Crippen LogP contribution in [0, 0.1) is 0 Å². The molecule has 0 saturated carbocycles. The molecule has 0 heterocycles. The number of azo groups is 1. The van der Waals surface area contributed by atoms with Gasteiger partial charge in [0.05, 0.1) is 27.9 Å². The number of phenolic OH excluding ortho intramolecular Hbond substituents is 1. The van der Waals surface area contributed by atoms with Crippen LogP contribution in [0.5, 0.6) is 11.5 Å². The van der Waals surface area contributed by atoms with Gasteiger partial charge in [0.2, 0.25) is 0 Å². The van der Waals surface area contributed by atoms with E-state index in [0.29, 0.717) is 35.1 Å². The summed E-state index contributed by atoms with van der Waals surface area (Å²) in [5, 5.41) is 23.1. The zero-order chi connectivity index (χ0) is 28.3. The predicted molar refractivity (Wildman–Crippen MR) is 151 cm³/mol. The third kappa shape index (κ3) is 6.15. The molecular weight excluding hydrogens is 565 g/mol. The lowest BCUT2D eigenvalue weighted by Gasteiger charge is -2.13. The Bertz CT molecular complexity index is 1720. The molecule has 0 aliphatic carbocycles. The second kappa shape index (κ2) is 11.6. The fourth-order valence-electron chi connectivity index (χ4n) is 3.85. The van der Waals surface area contributed by atoms with Gasteiger partial charge in [-0.15, -0.1) is 10.2 Å². The van der Waals surface area contributed by atoms with E-state index < -0.39 is 26.7 Å². The summed E-state index contributed by atoms with van der Waals surface area (Å²) < 4.78 is 38.7. The van der Waals surface area contributed by atoms with Gasteiger partial charge >= 0.3 is 0 Å². The normalized spacial score (nSPS) is 11.7. The van der Waals surface area contributed by atoms with Crippen molar-refractivity contribution in [2.24, 2.45) is 10.2 Å². The van der Waals surface area contributed by atoms with Gasteiger partial charge in [-0.05, 0) is 54.6 Å². The number of phenols is 1. The molecule has 202 valence electrons. The molecule has 0 fully saturated rings. The maximum atomic E-state index is 13.3. The minimum Gasteiger partial charge on any atom is -0.505 e. The number of anilines is 1. The Morgan fingerprint density at radius 1 is 1.03 bits per heavy atom. The molecule has 0 spiro atoms. The lowest BCUT2D eigenvalue weighted by molar-refractivity contribution is 0.102. The number of carbonyl (C=O) groups excluding carboxylic acids is 1. The first-order valence-corrected chi connectivity index (χ1v) is 13.9. The Kier molecular flexibility index (Phi) is 8.41. The van der Waals surface area contributed by atoms with Crippen molar-refractivity contribution in [3.8, 4) is 11.5 Å². The van der Waals surface area contributed by atoms with Crippen LogP contribution in [-0.2, 0) is 16.5 Å². The smallest absolute Gasteiger partial charge is 0.296 e. The predicted octanol–water partition coefficient (Wildman–Crippen LogP) is 7.73. The van der Waals surface area contributed by atoms with Gasteiger partial charge in [0, 0.05) is 11.5 Å². The molecule has 12 heteroatoms. The van der Waals surface area contributed by atoms with E-state index in [9.17, 15) is 22.9 Å². The summed E-state index contributed by atoms with van der Waals surface area (Å²) >= 11 is 12.5. The van der Waals surface area contributed by atoms with Crippen LogP contribution in [0.2, 0.25) is 10.0 Å². The summed E-state index contributed by atoms with van der Waals surface area (Å²) in [6.45, 7) is 4.03. The second-order valence-electron chi connectivity index (χ2n) is 8.33. The molecule has 0 aromatic heterocycles. The maximum absolute atomic E-state index is 13.3. The number of aryl methyl sites for hydroxylation is 1. The highest BCUT2D eigenvalue weighted by Gasteiger charge is 2.21. The molecule has 4 aromatic rings. The molecule has 3 N–H and O–H groups in total. The number of nitrogens with one attached hydrogen (secondary N) is 1. The number of benzene rings is 4. The van der Waals surface area contributed by atoms with Crippen molar-refractivity contribution < 1.29 is 27.6 Å². The van der Waals surface area contributed by atoms with Crippen LogP contribution < -0.4 is 10.1 Å². The molecule has 0 unspecified atom stereocenters. The molecule has 0 saturated heterocycles. The molecule has 9 nitrogen and oxygen atoms in total. The topological polar surface area (TPSA) is 138 Å². The van der Waals surface area contributed by atoms with E-state index >= 15 is 0 Å². The first-order chi connectivity index (χ1) is 18.5. The minimum atomic E-state index is -4.63. The summed E-state index contributed by atoms with van der Waals surface area (Å²) in [6.07, 6.45) is 0.430. The van der Waals surface area contributed by atoms with Gasteiger partial charge in [-0.25, -0.2) is 0 Å². The Morgan fingerprint density at radius 3 is 2.46 bits per heavy atom. The molecule has 1 amide bonds.